The zero-order valence-corrected chi connectivity index (χ0v) is 9.65. The molecular formula is C8H12O4S2. The molecule has 1 rings (SSSR count). The summed E-state index contributed by atoms with van der Waals surface area (Å²) in [7, 11) is 3.25. The van der Waals surface area contributed by atoms with Crippen molar-refractivity contribution in [3.8, 4) is 0 Å². The summed E-state index contributed by atoms with van der Waals surface area (Å²) < 4.78 is 10.1. The monoisotopic (exact) mass is 236 g/mol. The average Bonchev–Trinajstić information content (AvgIpc) is 2.06. The zero-order chi connectivity index (χ0) is 10.6. The molecule has 1 aliphatic rings. The molecule has 0 radical (unpaired) electrons. The standard InChI is InChI=1S/C8H12O4S2/c1-5(9)11-7-3-13-14-4-8(7)12-6(2)10/h7-8H,3-4H2,1-2H3/t7-,8+. The van der Waals surface area contributed by atoms with Crippen LogP contribution in [0.15, 0.2) is 0 Å². The Morgan fingerprint density at radius 2 is 1.36 bits per heavy atom. The second-order valence-electron chi connectivity index (χ2n) is 2.86. The maximum Gasteiger partial charge on any atom is 0.303 e. The van der Waals surface area contributed by atoms with Gasteiger partial charge in [0.25, 0.3) is 0 Å². The van der Waals surface area contributed by atoms with E-state index in [4.69, 9.17) is 9.47 Å². The fraction of sp³-hybridized carbons (Fsp3) is 0.750. The highest BCUT2D eigenvalue weighted by molar-refractivity contribution is 8.76. The first-order valence-corrected chi connectivity index (χ1v) is 6.67. The molecule has 1 saturated heterocycles. The third-order valence-electron chi connectivity index (χ3n) is 1.60. The van der Waals surface area contributed by atoms with Gasteiger partial charge in [-0.25, -0.2) is 0 Å². The Morgan fingerprint density at radius 3 is 1.64 bits per heavy atom. The molecule has 0 aromatic heterocycles. The molecule has 0 aromatic rings. The van der Waals surface area contributed by atoms with Crippen molar-refractivity contribution in [3.63, 3.8) is 0 Å². The number of esters is 2. The number of carbonyl (C=O) groups is 2. The second-order valence-corrected chi connectivity index (χ2v) is 5.42. The van der Waals surface area contributed by atoms with Gasteiger partial charge in [0.2, 0.25) is 0 Å². The molecule has 0 amide bonds. The van der Waals surface area contributed by atoms with Gasteiger partial charge in [0.15, 0.2) is 0 Å². The van der Waals surface area contributed by atoms with Crippen LogP contribution in [0.25, 0.3) is 0 Å². The smallest absolute Gasteiger partial charge is 0.303 e. The Bertz CT molecular complexity index is 207. The van der Waals surface area contributed by atoms with Gasteiger partial charge in [0.05, 0.1) is 0 Å². The van der Waals surface area contributed by atoms with Gasteiger partial charge >= 0.3 is 11.9 Å². The van der Waals surface area contributed by atoms with E-state index < -0.39 is 0 Å². The van der Waals surface area contributed by atoms with Gasteiger partial charge < -0.3 is 9.47 Å². The lowest BCUT2D eigenvalue weighted by atomic mass is 10.2. The van der Waals surface area contributed by atoms with Crippen molar-refractivity contribution < 1.29 is 19.1 Å². The Morgan fingerprint density at radius 1 is 1.00 bits per heavy atom. The van der Waals surface area contributed by atoms with Crippen LogP contribution in [0.3, 0.4) is 0 Å². The van der Waals surface area contributed by atoms with Crippen molar-refractivity contribution in [1.82, 2.24) is 0 Å². The van der Waals surface area contributed by atoms with Gasteiger partial charge in [-0.3, -0.25) is 9.59 Å². The Labute approximate surface area is 90.5 Å². The summed E-state index contributed by atoms with van der Waals surface area (Å²) in [5, 5.41) is 0. The van der Waals surface area contributed by atoms with E-state index in [0.717, 1.165) is 0 Å². The summed E-state index contributed by atoms with van der Waals surface area (Å²) in [4.78, 5) is 21.5. The van der Waals surface area contributed by atoms with Gasteiger partial charge in [-0.2, -0.15) is 0 Å². The summed E-state index contributed by atoms with van der Waals surface area (Å²) in [6.07, 6.45) is -0.606. The molecule has 0 spiro atoms. The van der Waals surface area contributed by atoms with Crippen LogP contribution in [0, 0.1) is 0 Å². The van der Waals surface area contributed by atoms with E-state index in [2.05, 4.69) is 0 Å². The van der Waals surface area contributed by atoms with Crippen LogP contribution in [0.2, 0.25) is 0 Å². The molecule has 6 heteroatoms. The van der Waals surface area contributed by atoms with Crippen molar-refractivity contribution in [3.05, 3.63) is 0 Å². The highest BCUT2D eigenvalue weighted by Gasteiger charge is 2.30. The van der Waals surface area contributed by atoms with Crippen molar-refractivity contribution in [2.45, 2.75) is 26.1 Å². The first-order chi connectivity index (χ1) is 6.59. The van der Waals surface area contributed by atoms with Gasteiger partial charge in [-0.15, -0.1) is 0 Å². The maximum absolute atomic E-state index is 10.8. The van der Waals surface area contributed by atoms with Crippen LogP contribution < -0.4 is 0 Å². The van der Waals surface area contributed by atoms with E-state index in [1.54, 1.807) is 21.6 Å². The molecular weight excluding hydrogens is 224 g/mol. The number of carbonyl (C=O) groups excluding carboxylic acids is 2. The minimum absolute atomic E-state index is 0.303. The largest absolute Gasteiger partial charge is 0.458 e. The fourth-order valence-electron chi connectivity index (χ4n) is 1.09. The van der Waals surface area contributed by atoms with Crippen LogP contribution in [-0.2, 0) is 19.1 Å². The summed E-state index contributed by atoms with van der Waals surface area (Å²) in [5.74, 6) is 0.670. The molecule has 0 N–H and O–H groups in total. The first-order valence-electron chi connectivity index (χ1n) is 4.18. The number of rotatable bonds is 2. The number of hydrogen-bond donors (Lipinski definition) is 0. The molecule has 4 nitrogen and oxygen atoms in total. The predicted molar refractivity (Wildman–Crippen MR) is 56.0 cm³/mol. The molecule has 1 heterocycles. The number of ether oxygens (including phenoxy) is 2. The summed E-state index contributed by atoms with van der Waals surface area (Å²) >= 11 is 0. The second kappa shape index (κ2) is 5.50. The van der Waals surface area contributed by atoms with E-state index in [1.165, 1.54) is 13.8 Å². The highest BCUT2D eigenvalue weighted by Crippen LogP contribution is 2.32. The molecule has 0 saturated carbocycles. The molecule has 1 fully saturated rings. The molecule has 0 aromatic carbocycles. The van der Waals surface area contributed by atoms with Gasteiger partial charge in [-0.1, -0.05) is 21.6 Å². The third kappa shape index (κ3) is 3.79. The average molecular weight is 236 g/mol. The topological polar surface area (TPSA) is 52.6 Å². The predicted octanol–water partition coefficient (Wildman–Crippen LogP) is 1.24. The van der Waals surface area contributed by atoms with Crippen molar-refractivity contribution in [1.29, 1.82) is 0 Å². The van der Waals surface area contributed by atoms with Gasteiger partial charge in [0.1, 0.15) is 12.2 Å². The Hall–Kier alpha value is -0.360. The lowest BCUT2D eigenvalue weighted by Crippen LogP contribution is -2.39. The molecule has 80 valence electrons. The van der Waals surface area contributed by atoms with Crippen LogP contribution >= 0.6 is 21.6 Å². The fourth-order valence-corrected chi connectivity index (χ4v) is 3.50. The molecule has 2 atom stereocenters. The minimum Gasteiger partial charge on any atom is -0.458 e. The van der Waals surface area contributed by atoms with E-state index >= 15 is 0 Å². The van der Waals surface area contributed by atoms with Gasteiger partial charge in [-0.05, 0) is 0 Å². The summed E-state index contributed by atoms with van der Waals surface area (Å²) in [5.41, 5.74) is 0. The van der Waals surface area contributed by atoms with E-state index in [-0.39, 0.29) is 24.1 Å². The number of hydrogen-bond acceptors (Lipinski definition) is 6. The minimum atomic E-state index is -0.334. The molecule has 0 aliphatic carbocycles. The summed E-state index contributed by atoms with van der Waals surface area (Å²) in [6.45, 7) is 2.72. The summed E-state index contributed by atoms with van der Waals surface area (Å²) in [6, 6.07) is 0. The van der Waals surface area contributed by atoms with E-state index in [9.17, 15) is 9.59 Å². The molecule has 0 unspecified atom stereocenters. The first kappa shape index (κ1) is 11.7. The maximum atomic E-state index is 10.8. The lowest BCUT2D eigenvalue weighted by Gasteiger charge is -2.28. The van der Waals surface area contributed by atoms with Crippen molar-refractivity contribution >= 4 is 33.5 Å². The van der Waals surface area contributed by atoms with Crippen LogP contribution in [-0.4, -0.2) is 35.7 Å². The highest BCUT2D eigenvalue weighted by atomic mass is 33.1. The van der Waals surface area contributed by atoms with Crippen LogP contribution in [0.5, 0.6) is 0 Å². The van der Waals surface area contributed by atoms with Crippen molar-refractivity contribution in [2.24, 2.45) is 0 Å². The van der Waals surface area contributed by atoms with Crippen molar-refractivity contribution in [2.75, 3.05) is 11.5 Å². The van der Waals surface area contributed by atoms with Gasteiger partial charge in [0, 0.05) is 25.4 Å². The Kier molecular flexibility index (Phi) is 4.60. The quantitative estimate of drug-likeness (QED) is 0.531. The third-order valence-corrected chi connectivity index (χ3v) is 4.01. The molecule has 0 bridgehead atoms. The molecule has 1 aliphatic heterocycles. The van der Waals surface area contributed by atoms with Crippen LogP contribution in [0.4, 0.5) is 0 Å². The normalized spacial score (nSPS) is 26.7. The SMILES string of the molecule is CC(=O)O[C@H]1CSSC[C@H]1OC(C)=O. The zero-order valence-electron chi connectivity index (χ0n) is 8.02. The van der Waals surface area contributed by atoms with Crippen LogP contribution in [0.1, 0.15) is 13.8 Å². The van der Waals surface area contributed by atoms with E-state index in [1.807, 2.05) is 0 Å². The van der Waals surface area contributed by atoms with E-state index in [0.29, 0.717) is 11.5 Å². The lowest BCUT2D eigenvalue weighted by molar-refractivity contribution is -0.161. The molecule has 14 heavy (non-hydrogen) atoms. The Balaban J connectivity index is 2.49.